The van der Waals surface area contributed by atoms with Crippen LogP contribution in [-0.2, 0) is 14.8 Å². The molecule has 0 aliphatic heterocycles. The van der Waals surface area contributed by atoms with Gasteiger partial charge in [0, 0.05) is 30.6 Å². The number of carbonyl (C=O) groups is 1. The van der Waals surface area contributed by atoms with Crippen molar-refractivity contribution in [1.82, 2.24) is 9.97 Å². The Kier molecular flexibility index (Phi) is 11.4. The molecule has 0 fully saturated rings. The van der Waals surface area contributed by atoms with Crippen molar-refractivity contribution in [3.8, 4) is 11.8 Å². The van der Waals surface area contributed by atoms with E-state index < -0.39 is 45.1 Å². The molecular formula is C23H17Cl2F5N4O5S. The van der Waals surface area contributed by atoms with Gasteiger partial charge >= 0.3 is 12.1 Å². The second kappa shape index (κ2) is 14.1. The van der Waals surface area contributed by atoms with Crippen LogP contribution in [0.5, 0.6) is 0 Å². The molecule has 1 heterocycles. The van der Waals surface area contributed by atoms with Gasteiger partial charge in [0.2, 0.25) is 5.95 Å². The molecule has 0 aliphatic rings. The smallest absolute Gasteiger partial charge is 0.475 e. The van der Waals surface area contributed by atoms with Crippen LogP contribution < -0.4 is 10.0 Å². The van der Waals surface area contributed by atoms with Gasteiger partial charge in [-0.1, -0.05) is 35.0 Å². The topological polar surface area (TPSA) is 142 Å². The number of nitrogens with one attached hydrogen (secondary N) is 2. The van der Waals surface area contributed by atoms with Crippen LogP contribution in [0.3, 0.4) is 0 Å². The molecule has 0 atom stereocenters. The number of nitrogens with zero attached hydrogens (tertiary/aromatic N) is 2. The van der Waals surface area contributed by atoms with Crippen LogP contribution in [0.25, 0.3) is 0 Å². The fraction of sp³-hybridized carbons (Fsp3) is 0.174. The molecule has 9 nitrogen and oxygen atoms in total. The first-order valence-corrected chi connectivity index (χ1v) is 12.8. The lowest BCUT2D eigenvalue weighted by molar-refractivity contribution is -0.192. The monoisotopic (exact) mass is 626 g/mol. The number of anilines is 2. The summed E-state index contributed by atoms with van der Waals surface area (Å²) in [5.41, 5.74) is -0.882. The van der Waals surface area contributed by atoms with Crippen LogP contribution in [0.1, 0.15) is 17.5 Å². The minimum absolute atomic E-state index is 0.0229. The molecule has 0 radical (unpaired) electrons. The molecule has 1 aromatic heterocycles. The van der Waals surface area contributed by atoms with Crippen molar-refractivity contribution < 1.29 is 45.4 Å². The van der Waals surface area contributed by atoms with Gasteiger partial charge in [-0.05, 0) is 36.8 Å². The van der Waals surface area contributed by atoms with Crippen molar-refractivity contribution in [3.63, 3.8) is 0 Å². The van der Waals surface area contributed by atoms with Crippen molar-refractivity contribution >= 4 is 50.8 Å². The molecule has 2 aromatic carbocycles. The van der Waals surface area contributed by atoms with E-state index in [2.05, 4.69) is 27.1 Å². The van der Waals surface area contributed by atoms with Gasteiger partial charge in [0.1, 0.15) is 10.7 Å². The molecule has 0 saturated carbocycles. The summed E-state index contributed by atoms with van der Waals surface area (Å²) in [5, 5.41) is 18.8. The molecule has 3 rings (SSSR count). The largest absolute Gasteiger partial charge is 0.490 e. The van der Waals surface area contributed by atoms with E-state index in [0.29, 0.717) is 18.9 Å². The Morgan fingerprint density at radius 3 is 2.25 bits per heavy atom. The number of carboxylic acid groups (broad SMARTS) is 1. The molecule has 0 amide bonds. The van der Waals surface area contributed by atoms with Crippen molar-refractivity contribution in [2.75, 3.05) is 23.2 Å². The molecule has 214 valence electrons. The Morgan fingerprint density at radius 1 is 1.05 bits per heavy atom. The average molecular weight is 627 g/mol. The predicted molar refractivity (Wildman–Crippen MR) is 136 cm³/mol. The third kappa shape index (κ3) is 9.49. The molecular weight excluding hydrogens is 610 g/mol. The Bertz CT molecular complexity index is 1530. The summed E-state index contributed by atoms with van der Waals surface area (Å²) in [7, 11) is -4.32. The number of sulfonamides is 1. The highest BCUT2D eigenvalue weighted by Crippen LogP contribution is 2.29. The van der Waals surface area contributed by atoms with Gasteiger partial charge in [0.15, 0.2) is 5.82 Å². The van der Waals surface area contributed by atoms with Crippen LogP contribution in [-0.4, -0.2) is 53.9 Å². The SMILES string of the molecule is O=C(O)C(F)(F)F.O=S(=O)(Nc1ccc(F)c(C#Cc2cnc(NCCCO)nc2)c1F)c1cc(Cl)ccc1Cl. The number of aliphatic carboxylic acids is 1. The van der Waals surface area contributed by atoms with E-state index in [9.17, 15) is 30.4 Å². The zero-order valence-corrected chi connectivity index (χ0v) is 22.1. The molecule has 4 N–H and O–H groups in total. The second-order valence-electron chi connectivity index (χ2n) is 7.32. The van der Waals surface area contributed by atoms with Gasteiger partial charge < -0.3 is 15.5 Å². The Balaban J connectivity index is 0.000000708. The number of aliphatic hydroxyl groups excluding tert-OH is 1. The number of benzene rings is 2. The number of hydrogen-bond acceptors (Lipinski definition) is 7. The summed E-state index contributed by atoms with van der Waals surface area (Å²) >= 11 is 11.8. The number of hydrogen-bond donors (Lipinski definition) is 4. The number of alkyl halides is 3. The van der Waals surface area contributed by atoms with Crippen LogP contribution in [0.2, 0.25) is 10.0 Å². The number of aromatic nitrogens is 2. The fourth-order valence-electron chi connectivity index (χ4n) is 2.53. The summed E-state index contributed by atoms with van der Waals surface area (Å²) in [5.74, 6) is 0.247. The number of rotatable bonds is 7. The van der Waals surface area contributed by atoms with E-state index in [1.807, 2.05) is 4.72 Å². The van der Waals surface area contributed by atoms with Crippen LogP contribution in [0, 0.1) is 23.5 Å². The maximum atomic E-state index is 14.9. The minimum atomic E-state index is -5.08. The molecule has 0 unspecified atom stereocenters. The van der Waals surface area contributed by atoms with Crippen LogP contribution >= 0.6 is 23.2 Å². The van der Waals surface area contributed by atoms with E-state index in [-0.39, 0.29) is 27.1 Å². The zero-order valence-electron chi connectivity index (χ0n) is 19.7. The highest BCUT2D eigenvalue weighted by atomic mass is 35.5. The molecule has 0 spiro atoms. The first-order chi connectivity index (χ1) is 18.7. The average Bonchev–Trinajstić information content (AvgIpc) is 2.88. The molecule has 0 aliphatic carbocycles. The summed E-state index contributed by atoms with van der Waals surface area (Å²) < 4.78 is 88.2. The van der Waals surface area contributed by atoms with E-state index in [1.165, 1.54) is 24.5 Å². The summed E-state index contributed by atoms with van der Waals surface area (Å²) in [6, 6.07) is 5.61. The van der Waals surface area contributed by atoms with E-state index >= 15 is 0 Å². The summed E-state index contributed by atoms with van der Waals surface area (Å²) in [4.78, 5) is 16.6. The van der Waals surface area contributed by atoms with Crippen molar-refractivity contribution in [2.45, 2.75) is 17.5 Å². The zero-order chi connectivity index (χ0) is 30.1. The Labute approximate surface area is 234 Å². The molecule has 3 aromatic rings. The predicted octanol–water partition coefficient (Wildman–Crippen LogP) is 4.69. The maximum Gasteiger partial charge on any atom is 0.490 e. The normalized spacial score (nSPS) is 11.0. The number of halogens is 7. The lowest BCUT2D eigenvalue weighted by Gasteiger charge is -2.11. The quantitative estimate of drug-likeness (QED) is 0.168. The Hall–Kier alpha value is -3.71. The number of carboxylic acids is 1. The first-order valence-electron chi connectivity index (χ1n) is 10.6. The van der Waals surface area contributed by atoms with Gasteiger partial charge in [-0.25, -0.2) is 32.0 Å². The Morgan fingerprint density at radius 2 is 1.68 bits per heavy atom. The van der Waals surface area contributed by atoms with Gasteiger partial charge in [-0.15, -0.1) is 0 Å². The van der Waals surface area contributed by atoms with Crippen LogP contribution in [0.15, 0.2) is 47.6 Å². The lowest BCUT2D eigenvalue weighted by atomic mass is 10.1. The van der Waals surface area contributed by atoms with Crippen molar-refractivity contribution in [2.24, 2.45) is 0 Å². The molecule has 40 heavy (non-hydrogen) atoms. The fourth-order valence-corrected chi connectivity index (χ4v) is 4.35. The third-order valence-electron chi connectivity index (χ3n) is 4.36. The standard InChI is InChI=1S/C21H16Cl2F2N4O3S.C2HF3O2/c22-14-3-5-16(23)19(10-14)33(31,32)29-18-7-6-17(24)15(20(18)25)4-2-13-11-27-21(28-12-13)26-8-1-9-30;3-2(4,5)1(6)7/h3,5-7,10-12,29-30H,1,8-9H2,(H,26,27,28);(H,6,7). The van der Waals surface area contributed by atoms with E-state index in [0.717, 1.165) is 18.2 Å². The summed E-state index contributed by atoms with van der Waals surface area (Å²) in [6.45, 7) is 0.496. The minimum Gasteiger partial charge on any atom is -0.475 e. The van der Waals surface area contributed by atoms with Crippen molar-refractivity contribution in [3.05, 3.63) is 75.5 Å². The van der Waals surface area contributed by atoms with Gasteiger partial charge in [0.05, 0.1) is 21.8 Å². The highest BCUT2D eigenvalue weighted by molar-refractivity contribution is 7.92. The second-order valence-corrected chi connectivity index (χ2v) is 9.81. The maximum absolute atomic E-state index is 14.9. The van der Waals surface area contributed by atoms with Crippen LogP contribution in [0.4, 0.5) is 33.6 Å². The van der Waals surface area contributed by atoms with Gasteiger partial charge in [0.25, 0.3) is 10.0 Å². The first kappa shape index (κ1) is 32.5. The number of aliphatic hydroxyl groups is 1. The summed E-state index contributed by atoms with van der Waals surface area (Å²) in [6.07, 6.45) is -1.86. The third-order valence-corrected chi connectivity index (χ3v) is 6.44. The molecule has 0 bridgehead atoms. The molecule has 0 saturated heterocycles. The van der Waals surface area contributed by atoms with Crippen molar-refractivity contribution in [1.29, 1.82) is 0 Å². The highest BCUT2D eigenvalue weighted by Gasteiger charge is 2.38. The van der Waals surface area contributed by atoms with Gasteiger partial charge in [-0.3, -0.25) is 4.72 Å². The van der Waals surface area contributed by atoms with Gasteiger partial charge in [-0.2, -0.15) is 13.2 Å². The van der Waals surface area contributed by atoms with E-state index in [4.69, 9.17) is 38.2 Å². The lowest BCUT2D eigenvalue weighted by Crippen LogP contribution is -2.21. The van der Waals surface area contributed by atoms with E-state index in [1.54, 1.807) is 0 Å². The molecule has 17 heteroatoms.